The molecule has 1 aliphatic rings. The van der Waals surface area contributed by atoms with Crippen molar-refractivity contribution in [3.8, 4) is 0 Å². The number of rotatable bonds is 1. The van der Waals surface area contributed by atoms with Gasteiger partial charge in [0.2, 0.25) is 0 Å². The molecular formula is C14H18ClN. The van der Waals surface area contributed by atoms with Gasteiger partial charge in [-0.1, -0.05) is 37.6 Å². The summed E-state index contributed by atoms with van der Waals surface area (Å²) in [4.78, 5) is 0. The van der Waals surface area contributed by atoms with Gasteiger partial charge in [0, 0.05) is 0 Å². The monoisotopic (exact) mass is 235 g/mol. The molecule has 2 N–H and O–H groups in total. The van der Waals surface area contributed by atoms with E-state index in [2.05, 4.69) is 26.0 Å². The Kier molecular flexibility index (Phi) is 3.25. The van der Waals surface area contributed by atoms with E-state index in [-0.39, 0.29) is 0 Å². The SMILES string of the molecule is CC1C=C(c2ccc(N)c(Cl)c2)CC(C)C1. The Labute approximate surface area is 102 Å². The molecule has 2 heteroatoms. The molecule has 0 amide bonds. The molecule has 0 saturated heterocycles. The lowest BCUT2D eigenvalue weighted by Gasteiger charge is -2.24. The van der Waals surface area contributed by atoms with Crippen LogP contribution in [0.25, 0.3) is 5.57 Å². The van der Waals surface area contributed by atoms with Gasteiger partial charge in [-0.25, -0.2) is 0 Å². The first-order valence-electron chi connectivity index (χ1n) is 5.82. The van der Waals surface area contributed by atoms with Crippen molar-refractivity contribution in [2.24, 2.45) is 11.8 Å². The molecule has 0 fully saturated rings. The lowest BCUT2D eigenvalue weighted by Crippen LogP contribution is -2.09. The molecule has 1 aliphatic carbocycles. The van der Waals surface area contributed by atoms with Crippen LogP contribution in [-0.4, -0.2) is 0 Å². The van der Waals surface area contributed by atoms with Crippen molar-refractivity contribution in [1.29, 1.82) is 0 Å². The Hall–Kier alpha value is -0.950. The van der Waals surface area contributed by atoms with Crippen LogP contribution in [0, 0.1) is 11.8 Å². The summed E-state index contributed by atoms with van der Waals surface area (Å²) in [5.41, 5.74) is 9.01. The lowest BCUT2D eigenvalue weighted by atomic mass is 9.82. The molecule has 2 atom stereocenters. The summed E-state index contributed by atoms with van der Waals surface area (Å²) >= 11 is 6.05. The van der Waals surface area contributed by atoms with Crippen LogP contribution in [-0.2, 0) is 0 Å². The molecule has 0 spiro atoms. The minimum absolute atomic E-state index is 0.655. The van der Waals surface area contributed by atoms with Gasteiger partial charge < -0.3 is 5.73 Å². The van der Waals surface area contributed by atoms with Crippen LogP contribution in [0.4, 0.5) is 5.69 Å². The summed E-state index contributed by atoms with van der Waals surface area (Å²) in [6.45, 7) is 4.58. The highest BCUT2D eigenvalue weighted by molar-refractivity contribution is 6.33. The van der Waals surface area contributed by atoms with Crippen molar-refractivity contribution >= 4 is 22.9 Å². The number of nitrogens with two attached hydrogens (primary N) is 1. The molecule has 16 heavy (non-hydrogen) atoms. The van der Waals surface area contributed by atoms with Crippen molar-refractivity contribution in [2.45, 2.75) is 26.7 Å². The van der Waals surface area contributed by atoms with Crippen molar-refractivity contribution in [3.05, 3.63) is 34.9 Å². The molecule has 86 valence electrons. The van der Waals surface area contributed by atoms with E-state index >= 15 is 0 Å². The maximum absolute atomic E-state index is 6.05. The minimum Gasteiger partial charge on any atom is -0.398 e. The smallest absolute Gasteiger partial charge is 0.0641 e. The number of hydrogen-bond donors (Lipinski definition) is 1. The molecule has 1 nitrogen and oxygen atoms in total. The normalized spacial score (nSPS) is 25.3. The molecule has 0 aromatic heterocycles. The zero-order valence-corrected chi connectivity index (χ0v) is 10.6. The fraction of sp³-hybridized carbons (Fsp3) is 0.429. The van der Waals surface area contributed by atoms with Gasteiger partial charge in [0.1, 0.15) is 0 Å². The highest BCUT2D eigenvalue weighted by Gasteiger charge is 2.17. The summed E-state index contributed by atoms with van der Waals surface area (Å²) in [5.74, 6) is 1.42. The average Bonchev–Trinajstić information content (AvgIpc) is 2.20. The van der Waals surface area contributed by atoms with Gasteiger partial charge in [-0.2, -0.15) is 0 Å². The van der Waals surface area contributed by atoms with Crippen LogP contribution in [0.1, 0.15) is 32.3 Å². The van der Waals surface area contributed by atoms with Crippen molar-refractivity contribution in [1.82, 2.24) is 0 Å². The molecule has 0 heterocycles. The molecule has 1 aromatic rings. The van der Waals surface area contributed by atoms with E-state index in [4.69, 9.17) is 17.3 Å². The Morgan fingerprint density at radius 2 is 2.06 bits per heavy atom. The highest BCUT2D eigenvalue weighted by atomic mass is 35.5. The molecular weight excluding hydrogens is 218 g/mol. The topological polar surface area (TPSA) is 26.0 Å². The first-order valence-corrected chi connectivity index (χ1v) is 6.20. The fourth-order valence-electron chi connectivity index (χ4n) is 2.51. The minimum atomic E-state index is 0.655. The number of benzene rings is 1. The zero-order chi connectivity index (χ0) is 11.7. The molecule has 2 rings (SSSR count). The summed E-state index contributed by atoms with van der Waals surface area (Å²) in [6, 6.07) is 5.94. The molecule has 2 unspecified atom stereocenters. The van der Waals surface area contributed by atoms with Gasteiger partial charge in [0.25, 0.3) is 0 Å². The number of halogens is 1. The Morgan fingerprint density at radius 3 is 2.69 bits per heavy atom. The van der Waals surface area contributed by atoms with Gasteiger partial charge in [-0.15, -0.1) is 0 Å². The quantitative estimate of drug-likeness (QED) is 0.719. The molecule has 0 radical (unpaired) electrons. The van der Waals surface area contributed by atoms with E-state index in [0.29, 0.717) is 16.6 Å². The third-order valence-corrected chi connectivity index (χ3v) is 3.53. The highest BCUT2D eigenvalue weighted by Crippen LogP contribution is 2.35. The standard InChI is InChI=1S/C14H18ClN/c1-9-5-10(2)7-12(6-9)11-3-4-14(16)13(15)8-11/h3-4,6,8-10H,5,7,16H2,1-2H3. The van der Waals surface area contributed by atoms with E-state index < -0.39 is 0 Å². The molecule has 1 aromatic carbocycles. The van der Waals surface area contributed by atoms with Crippen LogP contribution >= 0.6 is 11.6 Å². The van der Waals surface area contributed by atoms with Crippen LogP contribution in [0.15, 0.2) is 24.3 Å². The molecule has 0 saturated carbocycles. The first kappa shape index (κ1) is 11.5. The Bertz CT molecular complexity index is 423. The van der Waals surface area contributed by atoms with Gasteiger partial charge in [0.05, 0.1) is 10.7 Å². The third kappa shape index (κ3) is 2.41. The fourth-order valence-corrected chi connectivity index (χ4v) is 2.69. The number of hydrogen-bond acceptors (Lipinski definition) is 1. The second-order valence-corrected chi connectivity index (χ2v) is 5.36. The summed E-state index contributed by atoms with van der Waals surface area (Å²) in [7, 11) is 0. The van der Waals surface area contributed by atoms with E-state index in [1.54, 1.807) is 0 Å². The van der Waals surface area contributed by atoms with Crippen LogP contribution in [0.2, 0.25) is 5.02 Å². The summed E-state index contributed by atoms with van der Waals surface area (Å²) in [6.07, 6.45) is 4.79. The van der Waals surface area contributed by atoms with Gasteiger partial charge in [-0.05, 0) is 47.9 Å². The van der Waals surface area contributed by atoms with E-state index in [1.165, 1.54) is 17.6 Å². The maximum atomic E-state index is 6.05. The van der Waals surface area contributed by atoms with E-state index in [1.807, 2.05) is 12.1 Å². The Morgan fingerprint density at radius 1 is 1.31 bits per heavy atom. The van der Waals surface area contributed by atoms with Gasteiger partial charge in [-0.3, -0.25) is 0 Å². The third-order valence-electron chi connectivity index (χ3n) is 3.20. The summed E-state index contributed by atoms with van der Waals surface area (Å²) < 4.78 is 0. The Balaban J connectivity index is 2.33. The van der Waals surface area contributed by atoms with E-state index in [0.717, 1.165) is 12.3 Å². The van der Waals surface area contributed by atoms with Crippen LogP contribution in [0.3, 0.4) is 0 Å². The predicted molar refractivity (Wildman–Crippen MR) is 71.4 cm³/mol. The van der Waals surface area contributed by atoms with Crippen molar-refractivity contribution in [2.75, 3.05) is 5.73 Å². The van der Waals surface area contributed by atoms with Crippen LogP contribution < -0.4 is 5.73 Å². The number of anilines is 1. The molecule has 0 bridgehead atoms. The molecule has 0 aliphatic heterocycles. The van der Waals surface area contributed by atoms with Gasteiger partial charge >= 0.3 is 0 Å². The number of nitrogen functional groups attached to an aromatic ring is 1. The maximum Gasteiger partial charge on any atom is 0.0641 e. The average molecular weight is 236 g/mol. The first-order chi connectivity index (χ1) is 7.56. The second kappa shape index (κ2) is 4.50. The number of allylic oxidation sites excluding steroid dienone is 2. The summed E-state index contributed by atoms with van der Waals surface area (Å²) in [5, 5.41) is 0.657. The predicted octanol–water partition coefficient (Wildman–Crippen LogP) is 4.37. The van der Waals surface area contributed by atoms with Crippen LogP contribution in [0.5, 0.6) is 0 Å². The largest absolute Gasteiger partial charge is 0.398 e. The zero-order valence-electron chi connectivity index (χ0n) is 9.83. The van der Waals surface area contributed by atoms with E-state index in [9.17, 15) is 0 Å². The van der Waals surface area contributed by atoms with Gasteiger partial charge in [0.15, 0.2) is 0 Å². The van der Waals surface area contributed by atoms with Crippen molar-refractivity contribution < 1.29 is 0 Å². The lowest BCUT2D eigenvalue weighted by molar-refractivity contribution is 0.457. The second-order valence-electron chi connectivity index (χ2n) is 4.95. The van der Waals surface area contributed by atoms with Crippen molar-refractivity contribution in [3.63, 3.8) is 0 Å².